The molecule has 0 bridgehead atoms. The first-order chi connectivity index (χ1) is 7.52. The van der Waals surface area contributed by atoms with Gasteiger partial charge in [0.1, 0.15) is 0 Å². The third-order valence-corrected chi connectivity index (χ3v) is 4.56. The number of hydrogen-bond acceptors (Lipinski definition) is 2. The first-order valence-corrected chi connectivity index (χ1v) is 6.99. The molecule has 16 heavy (non-hydrogen) atoms. The molecule has 1 rings (SSSR count). The molecule has 3 unspecified atom stereocenters. The van der Waals surface area contributed by atoms with Crippen molar-refractivity contribution in [2.75, 3.05) is 6.54 Å². The Bertz CT molecular complexity index is 230. The first-order valence-electron chi connectivity index (χ1n) is 6.48. The Kier molecular flexibility index (Phi) is 5.67. The van der Waals surface area contributed by atoms with Crippen LogP contribution in [0.3, 0.4) is 0 Å². The highest BCUT2D eigenvalue weighted by atomic mass is 32.1. The Morgan fingerprint density at radius 2 is 2.00 bits per heavy atom. The molecule has 0 aromatic carbocycles. The van der Waals surface area contributed by atoms with Crippen LogP contribution >= 0.6 is 12.6 Å². The lowest BCUT2D eigenvalue weighted by atomic mass is 9.80. The van der Waals surface area contributed by atoms with Crippen LogP contribution in [0, 0.1) is 17.8 Å². The third kappa shape index (κ3) is 4.00. The molecule has 1 amide bonds. The van der Waals surface area contributed by atoms with Crippen LogP contribution in [0.25, 0.3) is 0 Å². The maximum Gasteiger partial charge on any atom is 0.233 e. The Balaban J connectivity index is 2.30. The first kappa shape index (κ1) is 13.9. The van der Waals surface area contributed by atoms with E-state index in [1.54, 1.807) is 0 Å². The van der Waals surface area contributed by atoms with Crippen molar-refractivity contribution in [3.05, 3.63) is 0 Å². The average Bonchev–Trinajstić information content (AvgIpc) is 2.26. The molecule has 0 aliphatic heterocycles. The Labute approximate surface area is 105 Å². The fourth-order valence-corrected chi connectivity index (χ4v) is 2.43. The van der Waals surface area contributed by atoms with Gasteiger partial charge in [-0.2, -0.15) is 12.6 Å². The molecule has 1 saturated carbocycles. The maximum absolute atomic E-state index is 11.7. The number of nitrogens with one attached hydrogen (secondary N) is 1. The van der Waals surface area contributed by atoms with Gasteiger partial charge in [0, 0.05) is 6.54 Å². The number of rotatable bonds is 4. The van der Waals surface area contributed by atoms with E-state index >= 15 is 0 Å². The molecule has 1 aliphatic rings. The molecule has 1 fully saturated rings. The van der Waals surface area contributed by atoms with Crippen LogP contribution in [0.2, 0.25) is 0 Å². The highest BCUT2D eigenvalue weighted by Gasteiger charge is 2.23. The molecule has 3 atom stereocenters. The number of amides is 1. The largest absolute Gasteiger partial charge is 0.355 e. The van der Waals surface area contributed by atoms with Crippen LogP contribution in [0.5, 0.6) is 0 Å². The van der Waals surface area contributed by atoms with Crippen molar-refractivity contribution in [1.29, 1.82) is 0 Å². The molecule has 3 heteroatoms. The highest BCUT2D eigenvalue weighted by Crippen LogP contribution is 2.28. The van der Waals surface area contributed by atoms with E-state index in [0.29, 0.717) is 11.8 Å². The molecule has 1 aliphatic carbocycles. The van der Waals surface area contributed by atoms with Crippen molar-refractivity contribution in [2.45, 2.75) is 51.7 Å². The smallest absolute Gasteiger partial charge is 0.233 e. The summed E-state index contributed by atoms with van der Waals surface area (Å²) in [6, 6.07) is 0. The molecule has 0 radical (unpaired) electrons. The zero-order chi connectivity index (χ0) is 12.1. The summed E-state index contributed by atoms with van der Waals surface area (Å²) in [7, 11) is 0. The molecule has 0 saturated heterocycles. The molecule has 0 aromatic rings. The number of thiol groups is 1. The minimum atomic E-state index is -0.168. The second-order valence-electron chi connectivity index (χ2n) is 5.46. The molecule has 0 aromatic heterocycles. The number of carbonyl (C=O) groups excluding carboxylic acids is 1. The fourth-order valence-electron chi connectivity index (χ4n) is 2.34. The summed E-state index contributed by atoms with van der Waals surface area (Å²) in [4.78, 5) is 11.7. The highest BCUT2D eigenvalue weighted by molar-refractivity contribution is 7.81. The van der Waals surface area contributed by atoms with Crippen LogP contribution in [-0.2, 0) is 4.79 Å². The van der Waals surface area contributed by atoms with E-state index in [4.69, 9.17) is 0 Å². The van der Waals surface area contributed by atoms with Crippen LogP contribution in [0.1, 0.15) is 46.5 Å². The number of hydrogen-bond donors (Lipinski definition) is 2. The van der Waals surface area contributed by atoms with Crippen molar-refractivity contribution in [3.8, 4) is 0 Å². The summed E-state index contributed by atoms with van der Waals surface area (Å²) in [5.41, 5.74) is 0. The summed E-state index contributed by atoms with van der Waals surface area (Å²) in [5.74, 6) is 1.82. The third-order valence-electron chi connectivity index (χ3n) is 3.73. The van der Waals surface area contributed by atoms with Gasteiger partial charge in [-0.1, -0.05) is 40.0 Å². The normalized spacial score (nSPS) is 27.8. The lowest BCUT2D eigenvalue weighted by Gasteiger charge is -2.29. The summed E-state index contributed by atoms with van der Waals surface area (Å²) < 4.78 is 0. The SMILES string of the molecule is CC(C)C(S)C(=O)NCC1CCCCC1C. The van der Waals surface area contributed by atoms with Crippen molar-refractivity contribution in [1.82, 2.24) is 5.32 Å². The summed E-state index contributed by atoms with van der Waals surface area (Å²) in [6.07, 6.45) is 5.25. The van der Waals surface area contributed by atoms with E-state index in [1.165, 1.54) is 25.7 Å². The van der Waals surface area contributed by atoms with Crippen LogP contribution < -0.4 is 5.32 Å². The van der Waals surface area contributed by atoms with Crippen molar-refractivity contribution in [3.63, 3.8) is 0 Å². The van der Waals surface area contributed by atoms with E-state index < -0.39 is 0 Å². The average molecular weight is 243 g/mol. The van der Waals surface area contributed by atoms with E-state index in [2.05, 4.69) is 24.9 Å². The van der Waals surface area contributed by atoms with Crippen LogP contribution in [-0.4, -0.2) is 17.7 Å². The fraction of sp³-hybridized carbons (Fsp3) is 0.923. The van der Waals surface area contributed by atoms with Gasteiger partial charge in [0.15, 0.2) is 0 Å². The second-order valence-corrected chi connectivity index (χ2v) is 6.01. The quantitative estimate of drug-likeness (QED) is 0.730. The van der Waals surface area contributed by atoms with Gasteiger partial charge in [0.2, 0.25) is 5.91 Å². The predicted octanol–water partition coefficient (Wildman–Crippen LogP) is 2.88. The zero-order valence-corrected chi connectivity index (χ0v) is 11.6. The molecule has 1 N–H and O–H groups in total. The van der Waals surface area contributed by atoms with Crippen molar-refractivity contribution >= 4 is 18.5 Å². The van der Waals surface area contributed by atoms with Gasteiger partial charge in [-0.3, -0.25) is 4.79 Å². The molecule has 2 nitrogen and oxygen atoms in total. The van der Waals surface area contributed by atoms with E-state index in [9.17, 15) is 4.79 Å². The Morgan fingerprint density at radius 3 is 2.56 bits per heavy atom. The van der Waals surface area contributed by atoms with Gasteiger partial charge in [-0.25, -0.2) is 0 Å². The maximum atomic E-state index is 11.7. The summed E-state index contributed by atoms with van der Waals surface area (Å²) >= 11 is 4.33. The standard InChI is InChI=1S/C13H25NOS/c1-9(2)12(16)13(15)14-8-11-7-5-4-6-10(11)3/h9-12,16H,4-8H2,1-3H3,(H,14,15). The van der Waals surface area contributed by atoms with E-state index in [-0.39, 0.29) is 11.2 Å². The van der Waals surface area contributed by atoms with Gasteiger partial charge < -0.3 is 5.32 Å². The van der Waals surface area contributed by atoms with Gasteiger partial charge in [0.25, 0.3) is 0 Å². The van der Waals surface area contributed by atoms with Crippen molar-refractivity contribution in [2.24, 2.45) is 17.8 Å². The van der Waals surface area contributed by atoms with E-state index in [0.717, 1.165) is 12.5 Å². The molecule has 94 valence electrons. The van der Waals surface area contributed by atoms with Crippen LogP contribution in [0.4, 0.5) is 0 Å². The van der Waals surface area contributed by atoms with Gasteiger partial charge >= 0.3 is 0 Å². The summed E-state index contributed by atoms with van der Waals surface area (Å²) in [5, 5.41) is 2.88. The summed E-state index contributed by atoms with van der Waals surface area (Å²) in [6.45, 7) is 7.20. The van der Waals surface area contributed by atoms with Gasteiger partial charge in [0.05, 0.1) is 5.25 Å². The number of carbonyl (C=O) groups is 1. The Morgan fingerprint density at radius 1 is 1.38 bits per heavy atom. The van der Waals surface area contributed by atoms with E-state index in [1.807, 2.05) is 13.8 Å². The van der Waals surface area contributed by atoms with Gasteiger partial charge in [-0.05, 0) is 24.2 Å². The lowest BCUT2D eigenvalue weighted by Crippen LogP contribution is -2.39. The molecular weight excluding hydrogens is 218 g/mol. The minimum Gasteiger partial charge on any atom is -0.355 e. The van der Waals surface area contributed by atoms with Gasteiger partial charge in [-0.15, -0.1) is 0 Å². The second kappa shape index (κ2) is 6.53. The topological polar surface area (TPSA) is 29.1 Å². The molecule has 0 heterocycles. The van der Waals surface area contributed by atoms with Crippen molar-refractivity contribution < 1.29 is 4.79 Å². The zero-order valence-electron chi connectivity index (χ0n) is 10.7. The lowest BCUT2D eigenvalue weighted by molar-refractivity contribution is -0.121. The van der Waals surface area contributed by atoms with Crippen LogP contribution in [0.15, 0.2) is 0 Å². The monoisotopic (exact) mass is 243 g/mol. The predicted molar refractivity (Wildman–Crippen MR) is 71.7 cm³/mol. The molecular formula is C13H25NOS. The minimum absolute atomic E-state index is 0.0936. The Hall–Kier alpha value is -0.180. The molecule has 0 spiro atoms.